The molecule has 0 spiro atoms. The van der Waals surface area contributed by atoms with Crippen LogP contribution < -0.4 is 15.8 Å². The molecule has 4 N–H and O–H groups in total. The van der Waals surface area contributed by atoms with E-state index in [0.29, 0.717) is 19.5 Å². The summed E-state index contributed by atoms with van der Waals surface area (Å²) < 4.78 is 3.20. The van der Waals surface area contributed by atoms with E-state index in [-0.39, 0.29) is 5.91 Å². The number of hydrogen-bond acceptors (Lipinski definition) is 4. The molecule has 6 heteroatoms. The average molecular weight is 347 g/mol. The lowest BCUT2D eigenvalue weighted by Gasteiger charge is -2.12. The summed E-state index contributed by atoms with van der Waals surface area (Å²) in [7, 11) is 0. The van der Waals surface area contributed by atoms with E-state index >= 15 is 0 Å². The molecule has 0 aromatic heterocycles. The van der Waals surface area contributed by atoms with Crippen molar-refractivity contribution in [2.24, 2.45) is 10.7 Å². The van der Waals surface area contributed by atoms with E-state index in [1.165, 1.54) is 0 Å². The number of nitrogens with two attached hydrogens (primary N) is 1. The van der Waals surface area contributed by atoms with Crippen molar-refractivity contribution in [1.82, 2.24) is 10.0 Å². The van der Waals surface area contributed by atoms with Crippen molar-refractivity contribution < 1.29 is 4.79 Å². The quantitative estimate of drug-likeness (QED) is 0.200. The first-order valence-corrected chi connectivity index (χ1v) is 8.89. The highest BCUT2D eigenvalue weighted by Crippen LogP contribution is 2.08. The van der Waals surface area contributed by atoms with E-state index in [2.05, 4.69) is 27.7 Å². The second kappa shape index (κ2) is 12.4. The molecule has 0 aliphatic rings. The third-order valence-corrected chi connectivity index (χ3v) is 3.84. The van der Waals surface area contributed by atoms with E-state index in [0.717, 1.165) is 17.2 Å². The van der Waals surface area contributed by atoms with Crippen LogP contribution in [-0.4, -0.2) is 30.6 Å². The van der Waals surface area contributed by atoms with E-state index < -0.39 is 6.04 Å². The molecule has 0 bridgehead atoms. The highest BCUT2D eigenvalue weighted by Gasteiger charge is 2.14. The summed E-state index contributed by atoms with van der Waals surface area (Å²) in [6.07, 6.45) is 6.53. The molecular weight excluding hydrogens is 320 g/mol. The van der Waals surface area contributed by atoms with Gasteiger partial charge in [-0.1, -0.05) is 48.6 Å². The molecule has 5 nitrogen and oxygen atoms in total. The van der Waals surface area contributed by atoms with Gasteiger partial charge in [0.05, 0.1) is 6.54 Å². The summed E-state index contributed by atoms with van der Waals surface area (Å²) in [4.78, 5) is 16.5. The van der Waals surface area contributed by atoms with Gasteiger partial charge in [0.15, 0.2) is 0 Å². The van der Waals surface area contributed by atoms with Crippen LogP contribution in [0.15, 0.2) is 60.1 Å². The van der Waals surface area contributed by atoms with Crippen molar-refractivity contribution in [3.05, 3.63) is 60.7 Å². The van der Waals surface area contributed by atoms with Gasteiger partial charge in [0.1, 0.15) is 11.9 Å². The molecule has 0 fully saturated rings. The molecule has 1 rings (SSSR count). The number of nitrogens with zero attached hydrogens (tertiary/aromatic N) is 1. The van der Waals surface area contributed by atoms with Crippen molar-refractivity contribution >= 4 is 23.7 Å². The highest BCUT2D eigenvalue weighted by molar-refractivity contribution is 7.98. The largest absolute Gasteiger partial charge is 0.353 e. The Labute approximate surface area is 148 Å². The summed E-state index contributed by atoms with van der Waals surface area (Å²) in [5.74, 6) is 1.52. The SMILES string of the molecule is C=CCC(=NCCNC(=O)[C@H](N)c1ccccc1)NSC/C=C\C. The van der Waals surface area contributed by atoms with Crippen molar-refractivity contribution in [3.8, 4) is 0 Å². The number of carbonyl (C=O) groups excluding carboxylic acids is 1. The van der Waals surface area contributed by atoms with E-state index in [1.807, 2.05) is 43.3 Å². The minimum absolute atomic E-state index is 0.197. The minimum atomic E-state index is -0.655. The Kier molecular flexibility index (Phi) is 10.3. The number of amides is 1. The lowest BCUT2D eigenvalue weighted by atomic mass is 10.1. The standard InChI is InChI=1S/C18H26N4OS/c1-3-5-14-24-22-16(9-4-2)20-12-13-21-18(23)17(19)15-10-7-6-8-11-15/h3-8,10-11,17H,2,9,12-14,19H2,1H3,(H,20,22)(H,21,23)/b5-3-/t17-/m1/s1. The molecule has 1 atom stereocenters. The fraction of sp³-hybridized carbons (Fsp3) is 0.333. The first-order chi connectivity index (χ1) is 11.7. The number of benzene rings is 1. The summed E-state index contributed by atoms with van der Waals surface area (Å²) in [6, 6.07) is 8.66. The van der Waals surface area contributed by atoms with Gasteiger partial charge < -0.3 is 15.8 Å². The maximum absolute atomic E-state index is 12.0. The summed E-state index contributed by atoms with van der Waals surface area (Å²) in [6.45, 7) is 6.66. The Morgan fingerprint density at radius 3 is 2.83 bits per heavy atom. The number of rotatable bonds is 10. The van der Waals surface area contributed by atoms with Crippen molar-refractivity contribution in [2.45, 2.75) is 19.4 Å². The fourth-order valence-corrected chi connectivity index (χ4v) is 2.52. The average Bonchev–Trinajstić information content (AvgIpc) is 2.62. The number of amidine groups is 1. The predicted molar refractivity (Wildman–Crippen MR) is 104 cm³/mol. The van der Waals surface area contributed by atoms with E-state index in [4.69, 9.17) is 5.73 Å². The Hall–Kier alpha value is -2.05. The molecule has 1 amide bonds. The molecule has 24 heavy (non-hydrogen) atoms. The molecule has 0 unspecified atom stereocenters. The number of hydrogen-bond donors (Lipinski definition) is 3. The predicted octanol–water partition coefficient (Wildman–Crippen LogP) is 2.59. The van der Waals surface area contributed by atoms with Gasteiger partial charge in [-0.25, -0.2) is 0 Å². The number of aliphatic imine (C=N–C) groups is 1. The first-order valence-electron chi connectivity index (χ1n) is 7.90. The van der Waals surface area contributed by atoms with Crippen LogP contribution in [0.5, 0.6) is 0 Å². The molecule has 0 saturated heterocycles. The monoisotopic (exact) mass is 346 g/mol. The van der Waals surface area contributed by atoms with Gasteiger partial charge in [0.2, 0.25) is 5.91 Å². The van der Waals surface area contributed by atoms with Crippen molar-refractivity contribution in [2.75, 3.05) is 18.8 Å². The van der Waals surface area contributed by atoms with Crippen LogP contribution >= 0.6 is 11.9 Å². The zero-order valence-corrected chi connectivity index (χ0v) is 14.9. The lowest BCUT2D eigenvalue weighted by Crippen LogP contribution is -2.35. The second-order valence-electron chi connectivity index (χ2n) is 4.98. The molecule has 0 aliphatic heterocycles. The molecule has 130 valence electrons. The first kappa shape index (κ1) is 20.0. The van der Waals surface area contributed by atoms with Gasteiger partial charge in [0.25, 0.3) is 0 Å². The number of nitrogens with one attached hydrogen (secondary N) is 2. The molecule has 0 aliphatic carbocycles. The maximum atomic E-state index is 12.0. The van der Waals surface area contributed by atoms with Crippen LogP contribution in [0.4, 0.5) is 0 Å². The Morgan fingerprint density at radius 1 is 1.42 bits per heavy atom. The van der Waals surface area contributed by atoms with Gasteiger partial charge >= 0.3 is 0 Å². The summed E-state index contributed by atoms with van der Waals surface area (Å²) in [5, 5.41) is 2.81. The van der Waals surface area contributed by atoms with Crippen LogP contribution in [0.25, 0.3) is 0 Å². The van der Waals surface area contributed by atoms with Gasteiger partial charge in [-0.05, 0) is 24.4 Å². The number of carbonyl (C=O) groups is 1. The van der Waals surface area contributed by atoms with E-state index in [9.17, 15) is 4.79 Å². The van der Waals surface area contributed by atoms with Gasteiger partial charge in [-0.3, -0.25) is 9.79 Å². The second-order valence-corrected chi connectivity index (χ2v) is 5.81. The summed E-state index contributed by atoms with van der Waals surface area (Å²) >= 11 is 1.57. The van der Waals surface area contributed by atoms with Crippen LogP contribution in [0.3, 0.4) is 0 Å². The lowest BCUT2D eigenvalue weighted by molar-refractivity contribution is -0.122. The third-order valence-electron chi connectivity index (χ3n) is 3.10. The van der Waals surface area contributed by atoms with Gasteiger partial charge in [-0.15, -0.1) is 6.58 Å². The van der Waals surface area contributed by atoms with Crippen LogP contribution in [-0.2, 0) is 4.79 Å². The van der Waals surface area contributed by atoms with Crippen molar-refractivity contribution in [3.63, 3.8) is 0 Å². The Morgan fingerprint density at radius 2 is 2.17 bits per heavy atom. The van der Waals surface area contributed by atoms with Crippen LogP contribution in [0.1, 0.15) is 24.9 Å². The van der Waals surface area contributed by atoms with Crippen LogP contribution in [0, 0.1) is 0 Å². The summed E-state index contributed by atoms with van der Waals surface area (Å²) in [5.41, 5.74) is 6.74. The topological polar surface area (TPSA) is 79.5 Å². The maximum Gasteiger partial charge on any atom is 0.241 e. The molecular formula is C18H26N4OS. The third kappa shape index (κ3) is 7.99. The molecule has 1 aromatic rings. The van der Waals surface area contributed by atoms with E-state index in [1.54, 1.807) is 18.0 Å². The molecule has 0 radical (unpaired) electrons. The Balaban J connectivity index is 2.37. The van der Waals surface area contributed by atoms with Gasteiger partial charge in [-0.2, -0.15) is 0 Å². The van der Waals surface area contributed by atoms with Crippen LogP contribution in [0.2, 0.25) is 0 Å². The normalized spacial score (nSPS) is 12.8. The van der Waals surface area contributed by atoms with Gasteiger partial charge in [0, 0.05) is 18.7 Å². The molecule has 0 heterocycles. The minimum Gasteiger partial charge on any atom is -0.353 e. The fourth-order valence-electron chi connectivity index (χ4n) is 1.84. The smallest absolute Gasteiger partial charge is 0.241 e. The Bertz CT molecular complexity index is 557. The molecule has 1 aromatic carbocycles. The van der Waals surface area contributed by atoms with Crippen molar-refractivity contribution in [1.29, 1.82) is 0 Å². The zero-order chi connectivity index (χ0) is 17.6. The number of allylic oxidation sites excluding steroid dienone is 1. The highest BCUT2D eigenvalue weighted by atomic mass is 32.2. The molecule has 0 saturated carbocycles. The zero-order valence-electron chi connectivity index (χ0n) is 14.1.